The van der Waals surface area contributed by atoms with Crippen LogP contribution >= 0.6 is 38.9 Å². The van der Waals surface area contributed by atoms with Crippen LogP contribution in [0.3, 0.4) is 0 Å². The first kappa shape index (κ1) is 21.2. The maximum Gasteiger partial charge on any atom is 0.264 e. The number of aliphatic hydroxyl groups is 1. The van der Waals surface area contributed by atoms with Gasteiger partial charge in [0.1, 0.15) is 0 Å². The number of anilines is 1. The van der Waals surface area contributed by atoms with Crippen LogP contribution in [0, 0.1) is 13.8 Å². The number of aryl methyl sites for hydroxylation is 2. The van der Waals surface area contributed by atoms with Gasteiger partial charge >= 0.3 is 0 Å². The lowest BCUT2D eigenvalue weighted by atomic mass is 9.89. The molecule has 0 unspecified atom stereocenters. The number of carbonyl (C=O) groups is 2. The van der Waals surface area contributed by atoms with E-state index in [1.54, 1.807) is 29.2 Å². The van der Waals surface area contributed by atoms with E-state index in [9.17, 15) is 14.7 Å². The Labute approximate surface area is 192 Å². The Kier molecular flexibility index (Phi) is 5.62. The van der Waals surface area contributed by atoms with Crippen molar-refractivity contribution in [3.05, 3.63) is 84.5 Å². The van der Waals surface area contributed by atoms with Crippen LogP contribution in [0.25, 0.3) is 0 Å². The van der Waals surface area contributed by atoms with Crippen molar-refractivity contribution in [3.8, 4) is 0 Å². The first-order valence-corrected chi connectivity index (χ1v) is 11.4. The highest BCUT2D eigenvalue weighted by Crippen LogP contribution is 2.45. The van der Waals surface area contributed by atoms with Crippen molar-refractivity contribution < 1.29 is 14.7 Å². The smallest absolute Gasteiger partial charge is 0.264 e. The number of ketones is 1. The molecule has 154 valence electrons. The van der Waals surface area contributed by atoms with Gasteiger partial charge in [0.05, 0.1) is 27.9 Å². The van der Waals surface area contributed by atoms with E-state index in [4.69, 9.17) is 11.6 Å². The molecule has 2 heterocycles. The number of amides is 1. The summed E-state index contributed by atoms with van der Waals surface area (Å²) in [5.74, 6) is -0.810. The molecule has 0 saturated carbocycles. The normalized spacial score (nSPS) is 18.0. The molecule has 1 aliphatic heterocycles. The lowest BCUT2D eigenvalue weighted by Crippen LogP contribution is -2.41. The van der Waals surface area contributed by atoms with E-state index < -0.39 is 11.5 Å². The predicted octanol–water partition coefficient (Wildman–Crippen LogP) is 5.79. The lowest BCUT2D eigenvalue weighted by molar-refractivity contribution is -0.136. The molecule has 1 N–H and O–H groups in total. The van der Waals surface area contributed by atoms with Crippen LogP contribution < -0.4 is 4.90 Å². The van der Waals surface area contributed by atoms with Gasteiger partial charge < -0.3 is 10.0 Å². The number of halogens is 2. The summed E-state index contributed by atoms with van der Waals surface area (Å²) in [5, 5.41) is 11.5. The second-order valence-corrected chi connectivity index (χ2v) is 10.2. The highest BCUT2D eigenvalue weighted by Gasteiger charge is 2.51. The highest BCUT2D eigenvalue weighted by molar-refractivity contribution is 9.10. The van der Waals surface area contributed by atoms with E-state index in [0.29, 0.717) is 27.0 Å². The number of fused-ring (bicyclic) bond motifs is 1. The fourth-order valence-electron chi connectivity index (χ4n) is 3.78. The van der Waals surface area contributed by atoms with Crippen LogP contribution in [0.15, 0.2) is 53.0 Å². The second kappa shape index (κ2) is 7.93. The second-order valence-electron chi connectivity index (χ2n) is 7.55. The summed E-state index contributed by atoms with van der Waals surface area (Å²) < 4.78 is 1.22. The van der Waals surface area contributed by atoms with Gasteiger partial charge in [-0.05, 0) is 55.3 Å². The Bertz CT molecular complexity index is 1180. The van der Waals surface area contributed by atoms with Gasteiger partial charge in [0.25, 0.3) is 5.91 Å². The van der Waals surface area contributed by atoms with Crippen molar-refractivity contribution in [3.63, 3.8) is 0 Å². The Morgan fingerprint density at radius 1 is 1.17 bits per heavy atom. The Hall–Kier alpha value is -1.99. The third-order valence-electron chi connectivity index (χ3n) is 5.39. The number of thiophene rings is 1. The summed E-state index contributed by atoms with van der Waals surface area (Å²) in [5.41, 5.74) is 2.28. The molecular formula is C23H19BrClNO3S. The number of nitrogens with zero attached hydrogens (tertiary/aromatic N) is 1. The van der Waals surface area contributed by atoms with Gasteiger partial charge in [-0.1, -0.05) is 51.3 Å². The van der Waals surface area contributed by atoms with Gasteiger partial charge in [0, 0.05) is 10.0 Å². The van der Waals surface area contributed by atoms with Gasteiger partial charge in [-0.15, -0.1) is 11.3 Å². The van der Waals surface area contributed by atoms with E-state index in [-0.39, 0.29) is 12.2 Å². The number of Topliss-reactive ketones (excluding diaryl/α,β-unsaturated/α-hetero) is 1. The van der Waals surface area contributed by atoms with Crippen LogP contribution in [0.1, 0.15) is 38.3 Å². The predicted molar refractivity (Wildman–Crippen MR) is 123 cm³/mol. The molecule has 1 amide bonds. The van der Waals surface area contributed by atoms with E-state index in [2.05, 4.69) is 15.9 Å². The molecule has 30 heavy (non-hydrogen) atoms. The zero-order valence-electron chi connectivity index (χ0n) is 16.4. The fourth-order valence-corrected chi connectivity index (χ4v) is 5.12. The molecule has 0 radical (unpaired) electrons. The maximum absolute atomic E-state index is 13.5. The molecule has 2 aromatic carbocycles. The Balaban J connectivity index is 1.74. The van der Waals surface area contributed by atoms with Gasteiger partial charge in [-0.2, -0.15) is 0 Å². The topological polar surface area (TPSA) is 57.6 Å². The van der Waals surface area contributed by atoms with Crippen molar-refractivity contribution >= 4 is 56.2 Å². The van der Waals surface area contributed by atoms with Crippen molar-refractivity contribution in [2.75, 3.05) is 4.90 Å². The fraction of sp³-hybridized carbons (Fsp3) is 0.217. The SMILES string of the molecule is Cc1ccc(C)c(CN2C(=O)[C@](O)(CC(=O)c3ccc(Cl)s3)c3cc(Br)ccc32)c1. The minimum Gasteiger partial charge on any atom is -0.375 e. The summed E-state index contributed by atoms with van der Waals surface area (Å²) in [4.78, 5) is 28.3. The molecule has 0 fully saturated rings. The third-order valence-corrected chi connectivity index (χ3v) is 7.16. The third kappa shape index (κ3) is 3.73. The van der Waals surface area contributed by atoms with E-state index in [0.717, 1.165) is 32.5 Å². The molecule has 0 saturated heterocycles. The standard InChI is InChI=1S/C23H19BrClNO3S/c1-13-3-4-14(2)15(9-13)12-26-18-6-5-16(24)10-17(18)23(29,22(26)28)11-19(27)20-7-8-21(25)30-20/h3-10,29H,11-12H2,1-2H3/t23-/m0/s1. The molecular weight excluding hydrogens is 486 g/mol. The van der Waals surface area contributed by atoms with Gasteiger partial charge in [0.15, 0.2) is 11.4 Å². The van der Waals surface area contributed by atoms with Crippen molar-refractivity contribution in [1.29, 1.82) is 0 Å². The molecule has 3 aromatic rings. The first-order chi connectivity index (χ1) is 14.2. The molecule has 0 aliphatic carbocycles. The van der Waals surface area contributed by atoms with E-state index >= 15 is 0 Å². The Morgan fingerprint density at radius 3 is 2.63 bits per heavy atom. The number of carbonyl (C=O) groups excluding carboxylic acids is 2. The molecule has 4 nitrogen and oxygen atoms in total. The molecule has 0 bridgehead atoms. The Morgan fingerprint density at radius 2 is 1.93 bits per heavy atom. The molecule has 4 rings (SSSR count). The van der Waals surface area contributed by atoms with Crippen LogP contribution in [-0.4, -0.2) is 16.8 Å². The number of rotatable bonds is 5. The monoisotopic (exact) mass is 503 g/mol. The zero-order chi connectivity index (χ0) is 21.6. The molecule has 1 aromatic heterocycles. The molecule has 1 aliphatic rings. The average Bonchev–Trinajstić information content (AvgIpc) is 3.21. The summed E-state index contributed by atoms with van der Waals surface area (Å²) in [6.45, 7) is 4.32. The van der Waals surface area contributed by atoms with Crippen molar-refractivity contribution in [2.24, 2.45) is 0 Å². The van der Waals surface area contributed by atoms with Gasteiger partial charge in [-0.3, -0.25) is 9.59 Å². The summed E-state index contributed by atoms with van der Waals surface area (Å²) >= 11 is 10.5. The van der Waals surface area contributed by atoms with Gasteiger partial charge in [0.2, 0.25) is 0 Å². The zero-order valence-corrected chi connectivity index (χ0v) is 19.6. The van der Waals surface area contributed by atoms with Crippen molar-refractivity contribution in [1.82, 2.24) is 0 Å². The van der Waals surface area contributed by atoms with Crippen LogP contribution in [0.5, 0.6) is 0 Å². The average molecular weight is 505 g/mol. The number of benzene rings is 2. The summed E-state index contributed by atoms with van der Waals surface area (Å²) in [7, 11) is 0. The first-order valence-electron chi connectivity index (χ1n) is 9.38. The maximum atomic E-state index is 13.5. The lowest BCUT2D eigenvalue weighted by Gasteiger charge is -2.23. The van der Waals surface area contributed by atoms with Crippen molar-refractivity contribution in [2.45, 2.75) is 32.4 Å². The van der Waals surface area contributed by atoms with E-state index in [1.165, 1.54) is 0 Å². The number of hydrogen-bond acceptors (Lipinski definition) is 4. The van der Waals surface area contributed by atoms with E-state index in [1.807, 2.05) is 38.1 Å². The van der Waals surface area contributed by atoms with Crippen LogP contribution in [-0.2, 0) is 16.9 Å². The summed E-state index contributed by atoms with van der Waals surface area (Å²) in [6, 6.07) is 14.7. The quantitative estimate of drug-likeness (QED) is 0.448. The van der Waals surface area contributed by atoms with Crippen LogP contribution in [0.2, 0.25) is 4.34 Å². The highest BCUT2D eigenvalue weighted by atomic mass is 79.9. The minimum absolute atomic E-state index is 0.317. The van der Waals surface area contributed by atoms with Gasteiger partial charge in [-0.25, -0.2) is 0 Å². The van der Waals surface area contributed by atoms with Crippen LogP contribution in [0.4, 0.5) is 5.69 Å². The summed E-state index contributed by atoms with van der Waals surface area (Å²) in [6.07, 6.45) is -0.338. The molecule has 0 spiro atoms. The molecule has 7 heteroatoms. The minimum atomic E-state index is -1.93. The number of hydrogen-bond donors (Lipinski definition) is 1. The molecule has 1 atom stereocenters. The largest absolute Gasteiger partial charge is 0.375 e.